The summed E-state index contributed by atoms with van der Waals surface area (Å²) in [6.07, 6.45) is 0. The van der Waals surface area contributed by atoms with Crippen LogP contribution in [0.4, 0.5) is 0 Å². The van der Waals surface area contributed by atoms with E-state index in [4.69, 9.17) is 4.74 Å². The highest BCUT2D eigenvalue weighted by molar-refractivity contribution is 5.77. The molecule has 1 amide bonds. The first-order valence-corrected chi connectivity index (χ1v) is 5.54. The van der Waals surface area contributed by atoms with Crippen molar-refractivity contribution < 1.29 is 9.53 Å². The zero-order valence-corrected chi connectivity index (χ0v) is 10.2. The van der Waals surface area contributed by atoms with E-state index in [1.54, 1.807) is 0 Å². The van der Waals surface area contributed by atoms with Crippen LogP contribution in [0.3, 0.4) is 0 Å². The molecule has 0 heterocycles. The van der Waals surface area contributed by atoms with Gasteiger partial charge in [-0.1, -0.05) is 23.8 Å². The lowest BCUT2D eigenvalue weighted by molar-refractivity contribution is -0.125. The van der Waals surface area contributed by atoms with Gasteiger partial charge in [-0.25, -0.2) is 0 Å². The molecular weight excluding hydrogens is 202 g/mol. The maximum absolute atomic E-state index is 11.3. The fourth-order valence-corrected chi connectivity index (χ4v) is 1.48. The lowest BCUT2D eigenvalue weighted by Gasteiger charge is -2.08. The van der Waals surface area contributed by atoms with E-state index < -0.39 is 0 Å². The second-order valence-electron chi connectivity index (χ2n) is 3.84. The van der Waals surface area contributed by atoms with E-state index in [9.17, 15) is 4.79 Å². The summed E-state index contributed by atoms with van der Waals surface area (Å²) < 4.78 is 5.02. The van der Waals surface area contributed by atoms with Gasteiger partial charge in [-0.15, -0.1) is 0 Å². The number of amides is 1. The molecule has 0 saturated carbocycles. The lowest BCUT2D eigenvalue weighted by atomic mass is 10.1. The summed E-state index contributed by atoms with van der Waals surface area (Å²) in [6.45, 7) is 7.26. The van der Waals surface area contributed by atoms with Crippen molar-refractivity contribution in [3.63, 3.8) is 0 Å². The normalized spacial score (nSPS) is 10.2. The summed E-state index contributed by atoms with van der Waals surface area (Å²) in [5.41, 5.74) is 3.59. The van der Waals surface area contributed by atoms with Gasteiger partial charge in [-0.05, 0) is 31.9 Å². The first-order valence-electron chi connectivity index (χ1n) is 5.54. The van der Waals surface area contributed by atoms with Gasteiger partial charge in [0.25, 0.3) is 0 Å². The maximum atomic E-state index is 11.3. The SMILES string of the molecule is CCOCC(=O)NCc1ccc(C)cc1C. The zero-order chi connectivity index (χ0) is 12.0. The van der Waals surface area contributed by atoms with Gasteiger partial charge in [0.1, 0.15) is 6.61 Å². The van der Waals surface area contributed by atoms with Gasteiger partial charge in [-0.2, -0.15) is 0 Å². The standard InChI is InChI=1S/C13H19NO2/c1-4-16-9-13(15)14-8-12-6-5-10(2)7-11(12)3/h5-7H,4,8-9H2,1-3H3,(H,14,15). The molecule has 0 aliphatic heterocycles. The van der Waals surface area contributed by atoms with Gasteiger partial charge in [0.2, 0.25) is 5.91 Å². The molecule has 0 aliphatic rings. The van der Waals surface area contributed by atoms with E-state index in [0.29, 0.717) is 13.2 Å². The minimum Gasteiger partial charge on any atom is -0.372 e. The maximum Gasteiger partial charge on any atom is 0.246 e. The molecule has 3 heteroatoms. The molecule has 1 N–H and O–H groups in total. The van der Waals surface area contributed by atoms with Crippen LogP contribution in [0, 0.1) is 13.8 Å². The topological polar surface area (TPSA) is 38.3 Å². The minimum absolute atomic E-state index is 0.0678. The minimum atomic E-state index is -0.0678. The largest absolute Gasteiger partial charge is 0.372 e. The summed E-state index contributed by atoms with van der Waals surface area (Å²) >= 11 is 0. The molecule has 0 fully saturated rings. The van der Waals surface area contributed by atoms with Crippen LogP contribution in [-0.4, -0.2) is 19.1 Å². The number of nitrogens with one attached hydrogen (secondary N) is 1. The Hall–Kier alpha value is -1.35. The van der Waals surface area contributed by atoms with Crippen molar-refractivity contribution >= 4 is 5.91 Å². The number of carbonyl (C=O) groups excluding carboxylic acids is 1. The van der Waals surface area contributed by atoms with Crippen LogP contribution in [0.5, 0.6) is 0 Å². The molecule has 0 atom stereocenters. The third-order valence-electron chi connectivity index (χ3n) is 2.41. The number of benzene rings is 1. The molecular formula is C13H19NO2. The summed E-state index contributed by atoms with van der Waals surface area (Å²) in [6, 6.07) is 6.21. The Morgan fingerprint density at radius 1 is 1.38 bits per heavy atom. The Kier molecular flexibility index (Phi) is 4.99. The van der Waals surface area contributed by atoms with Crippen molar-refractivity contribution in [3.05, 3.63) is 34.9 Å². The van der Waals surface area contributed by atoms with Gasteiger partial charge in [0.15, 0.2) is 0 Å². The lowest BCUT2D eigenvalue weighted by Crippen LogP contribution is -2.27. The quantitative estimate of drug-likeness (QED) is 0.825. The van der Waals surface area contributed by atoms with Gasteiger partial charge < -0.3 is 10.1 Å². The smallest absolute Gasteiger partial charge is 0.246 e. The second-order valence-corrected chi connectivity index (χ2v) is 3.84. The molecule has 16 heavy (non-hydrogen) atoms. The highest BCUT2D eigenvalue weighted by atomic mass is 16.5. The first-order chi connectivity index (χ1) is 7.63. The zero-order valence-electron chi connectivity index (χ0n) is 10.2. The third-order valence-corrected chi connectivity index (χ3v) is 2.41. The van der Waals surface area contributed by atoms with E-state index in [1.165, 1.54) is 11.1 Å². The predicted molar refractivity (Wildman–Crippen MR) is 64.3 cm³/mol. The van der Waals surface area contributed by atoms with Crippen molar-refractivity contribution in [2.75, 3.05) is 13.2 Å². The number of hydrogen-bond donors (Lipinski definition) is 1. The van der Waals surface area contributed by atoms with Crippen LogP contribution in [0.15, 0.2) is 18.2 Å². The van der Waals surface area contributed by atoms with Crippen LogP contribution in [0.1, 0.15) is 23.6 Å². The van der Waals surface area contributed by atoms with E-state index in [2.05, 4.69) is 31.3 Å². The van der Waals surface area contributed by atoms with E-state index >= 15 is 0 Å². The molecule has 0 saturated heterocycles. The number of carbonyl (C=O) groups is 1. The van der Waals surface area contributed by atoms with Crippen LogP contribution in [-0.2, 0) is 16.1 Å². The van der Waals surface area contributed by atoms with Crippen molar-refractivity contribution in [1.82, 2.24) is 5.32 Å². The van der Waals surface area contributed by atoms with E-state index in [-0.39, 0.29) is 12.5 Å². The fourth-order valence-electron chi connectivity index (χ4n) is 1.48. The van der Waals surface area contributed by atoms with Crippen LogP contribution >= 0.6 is 0 Å². The highest BCUT2D eigenvalue weighted by Crippen LogP contribution is 2.09. The Balaban J connectivity index is 2.45. The van der Waals surface area contributed by atoms with Gasteiger partial charge in [0, 0.05) is 13.2 Å². The molecule has 0 bridgehead atoms. The molecule has 0 spiro atoms. The third kappa shape index (κ3) is 4.03. The van der Waals surface area contributed by atoms with E-state index in [1.807, 2.05) is 13.0 Å². The Morgan fingerprint density at radius 3 is 2.75 bits per heavy atom. The van der Waals surface area contributed by atoms with Crippen LogP contribution in [0.2, 0.25) is 0 Å². The van der Waals surface area contributed by atoms with Gasteiger partial charge >= 0.3 is 0 Å². The Labute approximate surface area is 96.8 Å². The summed E-state index contributed by atoms with van der Waals surface area (Å²) in [5.74, 6) is -0.0678. The summed E-state index contributed by atoms with van der Waals surface area (Å²) in [5, 5.41) is 2.83. The summed E-state index contributed by atoms with van der Waals surface area (Å²) in [4.78, 5) is 11.3. The van der Waals surface area contributed by atoms with Crippen LogP contribution in [0.25, 0.3) is 0 Å². The monoisotopic (exact) mass is 221 g/mol. The molecule has 3 nitrogen and oxygen atoms in total. The Bertz CT molecular complexity index is 361. The number of ether oxygens (including phenoxy) is 1. The van der Waals surface area contributed by atoms with Crippen molar-refractivity contribution in [2.24, 2.45) is 0 Å². The van der Waals surface area contributed by atoms with Gasteiger partial charge in [0.05, 0.1) is 0 Å². The Morgan fingerprint density at radius 2 is 2.12 bits per heavy atom. The van der Waals surface area contributed by atoms with Crippen molar-refractivity contribution in [2.45, 2.75) is 27.3 Å². The fraction of sp³-hybridized carbons (Fsp3) is 0.462. The summed E-state index contributed by atoms with van der Waals surface area (Å²) in [7, 11) is 0. The number of hydrogen-bond acceptors (Lipinski definition) is 2. The second kappa shape index (κ2) is 6.28. The highest BCUT2D eigenvalue weighted by Gasteiger charge is 2.02. The van der Waals surface area contributed by atoms with Crippen molar-refractivity contribution in [3.8, 4) is 0 Å². The average molecular weight is 221 g/mol. The molecule has 0 radical (unpaired) electrons. The first kappa shape index (κ1) is 12.7. The number of aryl methyl sites for hydroxylation is 2. The average Bonchev–Trinajstić information content (AvgIpc) is 2.25. The molecule has 0 aliphatic carbocycles. The van der Waals surface area contributed by atoms with E-state index in [0.717, 1.165) is 5.56 Å². The number of rotatable bonds is 5. The molecule has 88 valence electrons. The molecule has 1 rings (SSSR count). The predicted octanol–water partition coefficient (Wildman–Crippen LogP) is 1.96. The van der Waals surface area contributed by atoms with Gasteiger partial charge in [-0.3, -0.25) is 4.79 Å². The molecule has 0 unspecified atom stereocenters. The molecule has 1 aromatic carbocycles. The molecule has 0 aromatic heterocycles. The molecule has 1 aromatic rings. The van der Waals surface area contributed by atoms with Crippen molar-refractivity contribution in [1.29, 1.82) is 0 Å². The van der Waals surface area contributed by atoms with Crippen LogP contribution < -0.4 is 5.32 Å².